The zero-order valence-corrected chi connectivity index (χ0v) is 15.6. The maximum Gasteiger partial charge on any atom is 0.170 e. The van der Waals surface area contributed by atoms with Crippen LogP contribution in [-0.4, -0.2) is 33.0 Å². The van der Waals surface area contributed by atoms with Crippen molar-refractivity contribution in [1.82, 2.24) is 5.32 Å². The molecule has 0 aromatic heterocycles. The van der Waals surface area contributed by atoms with E-state index in [1.165, 1.54) is 5.56 Å². The van der Waals surface area contributed by atoms with Gasteiger partial charge < -0.3 is 24.8 Å². The third-order valence-electron chi connectivity index (χ3n) is 3.70. The quantitative estimate of drug-likeness (QED) is 0.554. The molecular formula is C19H24N2O3S. The van der Waals surface area contributed by atoms with Gasteiger partial charge in [-0.05, 0) is 54.9 Å². The van der Waals surface area contributed by atoms with Crippen LogP contribution in [0.5, 0.6) is 17.2 Å². The molecule has 0 amide bonds. The lowest BCUT2D eigenvalue weighted by molar-refractivity contribution is 0.355. The molecule has 2 aromatic carbocycles. The van der Waals surface area contributed by atoms with Crippen molar-refractivity contribution in [1.29, 1.82) is 0 Å². The van der Waals surface area contributed by atoms with Gasteiger partial charge in [0.15, 0.2) is 16.6 Å². The summed E-state index contributed by atoms with van der Waals surface area (Å²) in [6, 6.07) is 13.7. The summed E-state index contributed by atoms with van der Waals surface area (Å²) in [6.45, 7) is 0.788. The van der Waals surface area contributed by atoms with E-state index in [0.29, 0.717) is 16.6 Å². The number of hydrogen-bond donors (Lipinski definition) is 2. The van der Waals surface area contributed by atoms with Crippen LogP contribution in [0.15, 0.2) is 42.5 Å². The van der Waals surface area contributed by atoms with Crippen molar-refractivity contribution in [2.75, 3.05) is 33.2 Å². The molecule has 0 aliphatic heterocycles. The molecule has 0 heterocycles. The van der Waals surface area contributed by atoms with E-state index in [0.717, 1.165) is 30.8 Å². The van der Waals surface area contributed by atoms with Crippen LogP contribution in [0.25, 0.3) is 0 Å². The highest BCUT2D eigenvalue weighted by Gasteiger charge is 2.05. The molecule has 0 radical (unpaired) electrons. The highest BCUT2D eigenvalue weighted by atomic mass is 32.1. The van der Waals surface area contributed by atoms with Gasteiger partial charge in [0, 0.05) is 18.3 Å². The first-order chi connectivity index (χ1) is 12.2. The van der Waals surface area contributed by atoms with Crippen molar-refractivity contribution in [2.24, 2.45) is 0 Å². The van der Waals surface area contributed by atoms with E-state index in [2.05, 4.69) is 22.8 Å². The van der Waals surface area contributed by atoms with Crippen molar-refractivity contribution in [2.45, 2.75) is 12.8 Å². The van der Waals surface area contributed by atoms with E-state index < -0.39 is 0 Å². The highest BCUT2D eigenvalue weighted by Crippen LogP contribution is 2.29. The molecule has 134 valence electrons. The summed E-state index contributed by atoms with van der Waals surface area (Å²) in [7, 11) is 4.90. The van der Waals surface area contributed by atoms with E-state index in [1.54, 1.807) is 21.3 Å². The molecule has 2 aromatic rings. The van der Waals surface area contributed by atoms with Crippen LogP contribution < -0.4 is 24.8 Å². The molecular weight excluding hydrogens is 336 g/mol. The van der Waals surface area contributed by atoms with E-state index >= 15 is 0 Å². The minimum absolute atomic E-state index is 0.581. The first-order valence-electron chi connectivity index (χ1n) is 8.06. The molecule has 0 aliphatic carbocycles. The molecule has 2 N–H and O–H groups in total. The minimum atomic E-state index is 0.581. The second-order valence-electron chi connectivity index (χ2n) is 5.41. The van der Waals surface area contributed by atoms with Gasteiger partial charge in [-0.2, -0.15) is 0 Å². The average Bonchev–Trinajstić information content (AvgIpc) is 2.65. The van der Waals surface area contributed by atoms with E-state index in [4.69, 9.17) is 26.4 Å². The van der Waals surface area contributed by atoms with Crippen LogP contribution in [0.1, 0.15) is 12.0 Å². The molecule has 0 bridgehead atoms. The van der Waals surface area contributed by atoms with Crippen molar-refractivity contribution >= 4 is 23.0 Å². The van der Waals surface area contributed by atoms with Crippen LogP contribution in [0.2, 0.25) is 0 Å². The van der Waals surface area contributed by atoms with Gasteiger partial charge in [0.25, 0.3) is 0 Å². The van der Waals surface area contributed by atoms with Crippen molar-refractivity contribution in [3.63, 3.8) is 0 Å². The van der Waals surface area contributed by atoms with Crippen LogP contribution >= 0.6 is 12.2 Å². The van der Waals surface area contributed by atoms with Gasteiger partial charge >= 0.3 is 0 Å². The van der Waals surface area contributed by atoms with Gasteiger partial charge in [-0.25, -0.2) is 0 Å². The number of methoxy groups -OCH3 is 3. The Labute approximate surface area is 154 Å². The van der Waals surface area contributed by atoms with Gasteiger partial charge in [0.2, 0.25) is 0 Å². The Balaban J connectivity index is 1.77. The number of nitrogens with one attached hydrogen (secondary N) is 2. The van der Waals surface area contributed by atoms with Crippen molar-refractivity contribution in [3.8, 4) is 17.2 Å². The van der Waals surface area contributed by atoms with Gasteiger partial charge in [-0.1, -0.05) is 12.1 Å². The maximum atomic E-state index is 5.33. The predicted octanol–water partition coefficient (Wildman–Crippen LogP) is 3.63. The monoisotopic (exact) mass is 360 g/mol. The van der Waals surface area contributed by atoms with Gasteiger partial charge in [0.1, 0.15) is 5.75 Å². The minimum Gasteiger partial charge on any atom is -0.497 e. The van der Waals surface area contributed by atoms with Gasteiger partial charge in [-0.15, -0.1) is 0 Å². The molecule has 0 saturated heterocycles. The summed E-state index contributed by atoms with van der Waals surface area (Å²) in [5.74, 6) is 2.23. The maximum absolute atomic E-state index is 5.33. The number of hydrogen-bond acceptors (Lipinski definition) is 4. The number of rotatable bonds is 8. The molecule has 6 heteroatoms. The third-order valence-corrected chi connectivity index (χ3v) is 3.95. The fourth-order valence-electron chi connectivity index (χ4n) is 2.41. The Morgan fingerprint density at radius 2 is 1.76 bits per heavy atom. The number of aryl methyl sites for hydroxylation is 1. The Morgan fingerprint density at radius 3 is 2.48 bits per heavy atom. The summed E-state index contributed by atoms with van der Waals surface area (Å²) in [5.41, 5.74) is 2.10. The van der Waals surface area contributed by atoms with Crippen molar-refractivity contribution < 1.29 is 14.2 Å². The largest absolute Gasteiger partial charge is 0.497 e. The summed E-state index contributed by atoms with van der Waals surface area (Å²) in [6.07, 6.45) is 1.93. The smallest absolute Gasteiger partial charge is 0.170 e. The van der Waals surface area contributed by atoms with Crippen LogP contribution in [0.3, 0.4) is 0 Å². The topological polar surface area (TPSA) is 51.8 Å². The lowest BCUT2D eigenvalue weighted by Gasteiger charge is -2.13. The molecule has 0 unspecified atom stereocenters. The summed E-state index contributed by atoms with van der Waals surface area (Å²) < 4.78 is 15.7. The fraction of sp³-hybridized carbons (Fsp3) is 0.316. The lowest BCUT2D eigenvalue weighted by atomic mass is 10.1. The standard InChI is InChI=1S/C19H24N2O3S/c1-22-16-8-4-6-14(12-16)7-5-11-20-19(25)21-15-9-10-17(23-2)18(13-15)24-3/h4,6,8-10,12-13H,5,7,11H2,1-3H3,(H2,20,21,25). The Morgan fingerprint density at radius 1 is 0.960 bits per heavy atom. The van der Waals surface area contributed by atoms with E-state index in [-0.39, 0.29) is 0 Å². The Hall–Kier alpha value is -2.47. The average molecular weight is 360 g/mol. The fourth-order valence-corrected chi connectivity index (χ4v) is 2.63. The summed E-state index contributed by atoms with van der Waals surface area (Å²) >= 11 is 5.33. The molecule has 0 saturated carbocycles. The molecule has 0 spiro atoms. The molecule has 0 aliphatic rings. The summed E-state index contributed by atoms with van der Waals surface area (Å²) in [5, 5.41) is 6.94. The number of ether oxygens (including phenoxy) is 3. The Bertz CT molecular complexity index is 707. The molecule has 2 rings (SSSR count). The number of thiocarbonyl (C=S) groups is 1. The van der Waals surface area contributed by atoms with Crippen LogP contribution in [0.4, 0.5) is 5.69 Å². The predicted molar refractivity (Wildman–Crippen MR) is 105 cm³/mol. The third kappa shape index (κ3) is 5.83. The van der Waals surface area contributed by atoms with E-state index in [9.17, 15) is 0 Å². The van der Waals surface area contributed by atoms with Crippen LogP contribution in [-0.2, 0) is 6.42 Å². The number of anilines is 1. The first kappa shape index (κ1) is 18.9. The van der Waals surface area contributed by atoms with Gasteiger partial charge in [0.05, 0.1) is 21.3 Å². The molecule has 5 nitrogen and oxygen atoms in total. The molecule has 25 heavy (non-hydrogen) atoms. The highest BCUT2D eigenvalue weighted by molar-refractivity contribution is 7.80. The van der Waals surface area contributed by atoms with Gasteiger partial charge in [-0.3, -0.25) is 0 Å². The SMILES string of the molecule is COc1cccc(CCCNC(=S)Nc2ccc(OC)c(OC)c2)c1. The zero-order valence-electron chi connectivity index (χ0n) is 14.8. The summed E-state index contributed by atoms with van der Waals surface area (Å²) in [4.78, 5) is 0. The lowest BCUT2D eigenvalue weighted by Crippen LogP contribution is -2.29. The van der Waals surface area contributed by atoms with Crippen molar-refractivity contribution in [3.05, 3.63) is 48.0 Å². The second-order valence-corrected chi connectivity index (χ2v) is 5.81. The van der Waals surface area contributed by atoms with E-state index in [1.807, 2.05) is 30.3 Å². The zero-order chi connectivity index (χ0) is 18.1. The molecule has 0 fully saturated rings. The Kier molecular flexibility index (Phi) is 7.35. The number of benzene rings is 2. The molecule has 0 atom stereocenters. The van der Waals surface area contributed by atoms with Crippen LogP contribution in [0, 0.1) is 0 Å². The first-order valence-corrected chi connectivity index (χ1v) is 8.47. The second kappa shape index (κ2) is 9.74. The normalized spacial score (nSPS) is 10.0.